The SMILES string of the molecule is CCCCCCN(CCCCCC)C(=O)C1(C)CCNC1. The molecule has 1 atom stereocenters. The van der Waals surface area contributed by atoms with Gasteiger partial charge in [0.15, 0.2) is 0 Å². The minimum absolute atomic E-state index is 0.157. The van der Waals surface area contributed by atoms with Gasteiger partial charge in [-0.1, -0.05) is 52.4 Å². The summed E-state index contributed by atoms with van der Waals surface area (Å²) >= 11 is 0. The molecule has 0 saturated carbocycles. The van der Waals surface area contributed by atoms with E-state index in [2.05, 4.69) is 31.0 Å². The molecule has 0 bridgehead atoms. The molecule has 1 rings (SSSR count). The van der Waals surface area contributed by atoms with Gasteiger partial charge in [-0.15, -0.1) is 0 Å². The third-order valence-corrected chi connectivity index (χ3v) is 4.74. The largest absolute Gasteiger partial charge is 0.342 e. The van der Waals surface area contributed by atoms with Gasteiger partial charge in [0, 0.05) is 19.6 Å². The molecular weight excluding hydrogens is 260 g/mol. The Morgan fingerprint density at radius 1 is 1.00 bits per heavy atom. The molecule has 21 heavy (non-hydrogen) atoms. The summed E-state index contributed by atoms with van der Waals surface area (Å²) in [7, 11) is 0. The Labute approximate surface area is 131 Å². The standard InChI is InChI=1S/C18H36N2O/c1-4-6-8-10-14-20(15-11-9-7-5-2)17(21)18(3)12-13-19-16-18/h19H,4-16H2,1-3H3. The summed E-state index contributed by atoms with van der Waals surface area (Å²) in [4.78, 5) is 15.0. The summed E-state index contributed by atoms with van der Waals surface area (Å²) in [6.07, 6.45) is 10.9. The van der Waals surface area contributed by atoms with E-state index < -0.39 is 0 Å². The van der Waals surface area contributed by atoms with Crippen LogP contribution in [0.3, 0.4) is 0 Å². The molecule has 0 aromatic heterocycles. The van der Waals surface area contributed by atoms with Crippen molar-refractivity contribution < 1.29 is 4.79 Å². The smallest absolute Gasteiger partial charge is 0.229 e. The third-order valence-electron chi connectivity index (χ3n) is 4.74. The van der Waals surface area contributed by atoms with Gasteiger partial charge in [0.05, 0.1) is 5.41 Å². The number of nitrogens with zero attached hydrogens (tertiary/aromatic N) is 1. The molecule has 124 valence electrons. The molecular formula is C18H36N2O. The van der Waals surface area contributed by atoms with Gasteiger partial charge in [0.2, 0.25) is 5.91 Å². The highest BCUT2D eigenvalue weighted by atomic mass is 16.2. The minimum Gasteiger partial charge on any atom is -0.342 e. The van der Waals surface area contributed by atoms with Gasteiger partial charge in [-0.2, -0.15) is 0 Å². The van der Waals surface area contributed by atoms with E-state index >= 15 is 0 Å². The number of carbonyl (C=O) groups is 1. The van der Waals surface area contributed by atoms with E-state index in [1.165, 1.54) is 38.5 Å². The van der Waals surface area contributed by atoms with Crippen LogP contribution in [0.2, 0.25) is 0 Å². The van der Waals surface area contributed by atoms with Crippen LogP contribution in [-0.4, -0.2) is 37.0 Å². The summed E-state index contributed by atoms with van der Waals surface area (Å²) in [5.41, 5.74) is -0.157. The molecule has 0 aromatic carbocycles. The number of hydrogen-bond acceptors (Lipinski definition) is 2. The summed E-state index contributed by atoms with van der Waals surface area (Å²) < 4.78 is 0. The van der Waals surface area contributed by atoms with Gasteiger partial charge < -0.3 is 10.2 Å². The Balaban J connectivity index is 2.46. The molecule has 1 aliphatic heterocycles. The molecule has 1 heterocycles. The maximum absolute atomic E-state index is 12.9. The van der Waals surface area contributed by atoms with Crippen molar-refractivity contribution in [1.82, 2.24) is 10.2 Å². The Morgan fingerprint density at radius 2 is 1.57 bits per heavy atom. The lowest BCUT2D eigenvalue weighted by atomic mass is 9.88. The second-order valence-corrected chi connectivity index (χ2v) is 6.90. The van der Waals surface area contributed by atoms with Crippen LogP contribution in [0.4, 0.5) is 0 Å². The molecule has 1 amide bonds. The first-order valence-electron chi connectivity index (χ1n) is 9.14. The molecule has 0 aliphatic carbocycles. The van der Waals surface area contributed by atoms with E-state index in [1.54, 1.807) is 0 Å². The van der Waals surface area contributed by atoms with Crippen LogP contribution in [0, 0.1) is 5.41 Å². The van der Waals surface area contributed by atoms with Crippen LogP contribution in [0.1, 0.15) is 78.6 Å². The van der Waals surface area contributed by atoms with Gasteiger partial charge in [0.1, 0.15) is 0 Å². The maximum Gasteiger partial charge on any atom is 0.229 e. The number of hydrogen-bond donors (Lipinski definition) is 1. The van der Waals surface area contributed by atoms with Crippen LogP contribution in [0.15, 0.2) is 0 Å². The topological polar surface area (TPSA) is 32.3 Å². The van der Waals surface area contributed by atoms with Crippen molar-refractivity contribution in [2.24, 2.45) is 5.41 Å². The van der Waals surface area contributed by atoms with Crippen molar-refractivity contribution >= 4 is 5.91 Å². The molecule has 1 unspecified atom stereocenters. The van der Waals surface area contributed by atoms with Crippen LogP contribution in [0.25, 0.3) is 0 Å². The van der Waals surface area contributed by atoms with Crippen molar-refractivity contribution in [3.05, 3.63) is 0 Å². The Morgan fingerprint density at radius 3 is 2.00 bits per heavy atom. The number of carbonyl (C=O) groups excluding carboxylic acids is 1. The molecule has 1 aliphatic rings. The number of nitrogens with one attached hydrogen (secondary N) is 1. The quantitative estimate of drug-likeness (QED) is 0.585. The lowest BCUT2D eigenvalue weighted by Crippen LogP contribution is -2.44. The molecule has 0 radical (unpaired) electrons. The monoisotopic (exact) mass is 296 g/mol. The highest BCUT2D eigenvalue weighted by molar-refractivity contribution is 5.83. The van der Waals surface area contributed by atoms with Crippen LogP contribution < -0.4 is 5.32 Å². The maximum atomic E-state index is 12.9. The van der Waals surface area contributed by atoms with Crippen LogP contribution in [-0.2, 0) is 4.79 Å². The highest BCUT2D eigenvalue weighted by Crippen LogP contribution is 2.27. The van der Waals surface area contributed by atoms with Gasteiger partial charge in [0.25, 0.3) is 0 Å². The predicted molar refractivity (Wildman–Crippen MR) is 90.5 cm³/mol. The lowest BCUT2D eigenvalue weighted by Gasteiger charge is -2.31. The first kappa shape index (κ1) is 18.5. The van der Waals surface area contributed by atoms with Gasteiger partial charge in [-0.05, 0) is 32.7 Å². The first-order chi connectivity index (χ1) is 10.1. The summed E-state index contributed by atoms with van der Waals surface area (Å²) in [6.45, 7) is 10.4. The van der Waals surface area contributed by atoms with Gasteiger partial charge in [-0.25, -0.2) is 0 Å². The van der Waals surface area contributed by atoms with Gasteiger partial charge in [-0.3, -0.25) is 4.79 Å². The van der Waals surface area contributed by atoms with Crippen molar-refractivity contribution in [2.45, 2.75) is 78.6 Å². The number of unbranched alkanes of at least 4 members (excludes halogenated alkanes) is 6. The minimum atomic E-state index is -0.157. The van der Waals surface area contributed by atoms with E-state index in [0.29, 0.717) is 5.91 Å². The van der Waals surface area contributed by atoms with E-state index in [-0.39, 0.29) is 5.41 Å². The van der Waals surface area contributed by atoms with Crippen molar-refractivity contribution in [1.29, 1.82) is 0 Å². The van der Waals surface area contributed by atoms with E-state index in [4.69, 9.17) is 0 Å². The second-order valence-electron chi connectivity index (χ2n) is 6.90. The van der Waals surface area contributed by atoms with Crippen molar-refractivity contribution in [3.8, 4) is 0 Å². The Bertz CT molecular complexity index is 273. The second kappa shape index (κ2) is 10.2. The molecule has 3 nitrogen and oxygen atoms in total. The number of rotatable bonds is 11. The zero-order chi connectivity index (χ0) is 15.6. The van der Waals surface area contributed by atoms with Crippen LogP contribution in [0.5, 0.6) is 0 Å². The molecule has 1 fully saturated rings. The summed E-state index contributed by atoms with van der Waals surface area (Å²) in [5, 5.41) is 3.35. The average molecular weight is 296 g/mol. The van der Waals surface area contributed by atoms with Gasteiger partial charge >= 0.3 is 0 Å². The van der Waals surface area contributed by atoms with E-state index in [1.807, 2.05) is 0 Å². The zero-order valence-corrected chi connectivity index (χ0v) is 14.5. The fourth-order valence-electron chi connectivity index (χ4n) is 3.15. The normalized spacial score (nSPS) is 21.7. The molecule has 0 spiro atoms. The Kier molecular flexibility index (Phi) is 8.98. The van der Waals surface area contributed by atoms with Crippen molar-refractivity contribution in [3.63, 3.8) is 0 Å². The molecule has 0 aromatic rings. The van der Waals surface area contributed by atoms with E-state index in [0.717, 1.165) is 45.4 Å². The summed E-state index contributed by atoms with van der Waals surface area (Å²) in [5.74, 6) is 0.389. The first-order valence-corrected chi connectivity index (χ1v) is 9.14. The third kappa shape index (κ3) is 6.37. The zero-order valence-electron chi connectivity index (χ0n) is 14.5. The fourth-order valence-corrected chi connectivity index (χ4v) is 3.15. The Hall–Kier alpha value is -0.570. The predicted octanol–water partition coefficient (Wildman–Crippen LogP) is 3.98. The van der Waals surface area contributed by atoms with Crippen LogP contribution >= 0.6 is 0 Å². The van der Waals surface area contributed by atoms with E-state index in [9.17, 15) is 4.79 Å². The summed E-state index contributed by atoms with van der Waals surface area (Å²) in [6, 6.07) is 0. The number of amides is 1. The fraction of sp³-hybridized carbons (Fsp3) is 0.944. The molecule has 1 N–H and O–H groups in total. The molecule has 1 saturated heterocycles. The molecule has 3 heteroatoms. The average Bonchev–Trinajstić information content (AvgIpc) is 2.93. The lowest BCUT2D eigenvalue weighted by molar-refractivity contribution is -0.140. The highest BCUT2D eigenvalue weighted by Gasteiger charge is 2.38. The van der Waals surface area contributed by atoms with Crippen molar-refractivity contribution in [2.75, 3.05) is 26.2 Å².